The molecule has 0 amide bonds. The Morgan fingerprint density at radius 2 is 1.81 bits per heavy atom. The van der Waals surface area contributed by atoms with Gasteiger partial charge in [0.15, 0.2) is 0 Å². The van der Waals surface area contributed by atoms with Crippen molar-refractivity contribution in [3.05, 3.63) is 64.7 Å². The highest BCUT2D eigenvalue weighted by atomic mass is 35.5. The topological polar surface area (TPSA) is 38.0 Å². The maximum Gasteiger partial charge on any atom is 0.416 e. The van der Waals surface area contributed by atoms with Gasteiger partial charge >= 0.3 is 6.18 Å². The summed E-state index contributed by atoms with van der Waals surface area (Å²) in [5, 5.41) is 3.49. The summed E-state index contributed by atoms with van der Waals surface area (Å²) >= 11 is 5.87. The number of anilines is 1. The van der Waals surface area contributed by atoms with Gasteiger partial charge in [0.05, 0.1) is 11.6 Å². The molecule has 0 aliphatic heterocycles. The largest absolute Gasteiger partial charge is 0.416 e. The number of nitrogens with one attached hydrogen (secondary N) is 1. The van der Waals surface area contributed by atoms with Gasteiger partial charge in [0.1, 0.15) is 0 Å². The van der Waals surface area contributed by atoms with Crippen LogP contribution >= 0.6 is 11.6 Å². The molecule has 0 aliphatic carbocycles. The minimum Gasteiger partial charge on any atom is -0.377 e. The molecule has 3 N–H and O–H groups in total. The van der Waals surface area contributed by atoms with Crippen molar-refractivity contribution in [1.29, 1.82) is 0 Å². The molecule has 0 saturated heterocycles. The predicted octanol–water partition coefficient (Wildman–Crippen LogP) is 4.47. The van der Waals surface area contributed by atoms with E-state index in [-0.39, 0.29) is 12.1 Å². The van der Waals surface area contributed by atoms with Crippen LogP contribution in [0.15, 0.2) is 48.5 Å². The number of alkyl halides is 3. The van der Waals surface area contributed by atoms with E-state index >= 15 is 0 Å². The summed E-state index contributed by atoms with van der Waals surface area (Å²) in [6, 6.07) is 11.5. The summed E-state index contributed by atoms with van der Waals surface area (Å²) in [4.78, 5) is 0. The Labute approximate surface area is 125 Å². The zero-order valence-corrected chi connectivity index (χ0v) is 11.7. The second kappa shape index (κ2) is 6.37. The standard InChI is InChI=1S/C15H14ClF3N2/c16-10-4-3-5-11(8-10)21-14(9-20)12-6-1-2-7-13(12)15(17,18)19/h1-8,14,21H,9,20H2. The van der Waals surface area contributed by atoms with Gasteiger partial charge < -0.3 is 11.1 Å². The quantitative estimate of drug-likeness (QED) is 0.873. The van der Waals surface area contributed by atoms with Gasteiger partial charge in [-0.1, -0.05) is 35.9 Å². The van der Waals surface area contributed by atoms with Crippen LogP contribution in [0.2, 0.25) is 5.02 Å². The van der Waals surface area contributed by atoms with E-state index < -0.39 is 17.8 Å². The first-order valence-corrected chi connectivity index (χ1v) is 6.68. The fourth-order valence-corrected chi connectivity index (χ4v) is 2.29. The molecule has 0 saturated carbocycles. The number of hydrogen-bond donors (Lipinski definition) is 2. The van der Waals surface area contributed by atoms with Crippen molar-refractivity contribution in [2.75, 3.05) is 11.9 Å². The predicted molar refractivity (Wildman–Crippen MR) is 78.3 cm³/mol. The van der Waals surface area contributed by atoms with Crippen molar-refractivity contribution in [3.63, 3.8) is 0 Å². The normalized spacial score (nSPS) is 13.0. The number of benzene rings is 2. The van der Waals surface area contributed by atoms with Crippen LogP contribution in [0.4, 0.5) is 18.9 Å². The number of hydrogen-bond acceptors (Lipinski definition) is 2. The molecule has 2 nitrogen and oxygen atoms in total. The first kappa shape index (κ1) is 15.7. The van der Waals surface area contributed by atoms with E-state index in [0.29, 0.717) is 10.7 Å². The Kier molecular flexibility index (Phi) is 4.75. The first-order valence-electron chi connectivity index (χ1n) is 6.30. The monoisotopic (exact) mass is 314 g/mol. The van der Waals surface area contributed by atoms with E-state index in [1.807, 2.05) is 0 Å². The van der Waals surface area contributed by atoms with Crippen LogP contribution in [-0.2, 0) is 6.18 Å². The number of rotatable bonds is 4. The third-order valence-corrected chi connectivity index (χ3v) is 3.28. The lowest BCUT2D eigenvalue weighted by Crippen LogP contribution is -2.24. The molecule has 2 aromatic carbocycles. The first-order chi connectivity index (χ1) is 9.91. The van der Waals surface area contributed by atoms with Crippen molar-refractivity contribution in [3.8, 4) is 0 Å². The van der Waals surface area contributed by atoms with Crippen LogP contribution < -0.4 is 11.1 Å². The van der Waals surface area contributed by atoms with Crippen LogP contribution in [0, 0.1) is 0 Å². The Balaban J connectivity index is 2.34. The van der Waals surface area contributed by atoms with Gasteiger partial charge in [0.2, 0.25) is 0 Å². The van der Waals surface area contributed by atoms with E-state index in [1.165, 1.54) is 12.1 Å². The smallest absolute Gasteiger partial charge is 0.377 e. The summed E-state index contributed by atoms with van der Waals surface area (Å²) in [7, 11) is 0. The fraction of sp³-hybridized carbons (Fsp3) is 0.200. The molecule has 6 heteroatoms. The number of halogens is 4. The third kappa shape index (κ3) is 3.89. The van der Waals surface area contributed by atoms with Gasteiger partial charge in [0, 0.05) is 17.3 Å². The molecule has 2 rings (SSSR count). The van der Waals surface area contributed by atoms with E-state index in [9.17, 15) is 13.2 Å². The van der Waals surface area contributed by atoms with Crippen molar-refractivity contribution >= 4 is 17.3 Å². The van der Waals surface area contributed by atoms with Gasteiger partial charge in [-0.05, 0) is 29.8 Å². The summed E-state index contributed by atoms with van der Waals surface area (Å²) in [5.74, 6) is 0. The van der Waals surface area contributed by atoms with Crippen LogP contribution in [0.25, 0.3) is 0 Å². The summed E-state index contributed by atoms with van der Waals surface area (Å²) in [6.45, 7) is 0.0274. The van der Waals surface area contributed by atoms with Crippen molar-refractivity contribution < 1.29 is 13.2 Å². The lowest BCUT2D eigenvalue weighted by atomic mass is 9.99. The average Bonchev–Trinajstić information content (AvgIpc) is 2.44. The molecule has 2 aromatic rings. The van der Waals surface area contributed by atoms with Gasteiger partial charge in [-0.3, -0.25) is 0 Å². The zero-order chi connectivity index (χ0) is 15.5. The molecule has 0 spiro atoms. The SMILES string of the molecule is NCC(Nc1cccc(Cl)c1)c1ccccc1C(F)(F)F. The molecular formula is C15H14ClF3N2. The molecule has 0 fully saturated rings. The average molecular weight is 315 g/mol. The number of nitrogens with two attached hydrogens (primary N) is 1. The third-order valence-electron chi connectivity index (χ3n) is 3.04. The van der Waals surface area contributed by atoms with Crippen molar-refractivity contribution in [2.45, 2.75) is 12.2 Å². The van der Waals surface area contributed by atoms with E-state index in [1.54, 1.807) is 30.3 Å². The molecule has 0 aromatic heterocycles. The van der Waals surface area contributed by atoms with Gasteiger partial charge in [-0.15, -0.1) is 0 Å². The van der Waals surface area contributed by atoms with Crippen LogP contribution in [0.3, 0.4) is 0 Å². The van der Waals surface area contributed by atoms with E-state index in [2.05, 4.69) is 5.32 Å². The fourth-order valence-electron chi connectivity index (χ4n) is 2.10. The molecule has 21 heavy (non-hydrogen) atoms. The summed E-state index contributed by atoms with van der Waals surface area (Å²) in [5.41, 5.74) is 5.69. The van der Waals surface area contributed by atoms with Crippen LogP contribution in [-0.4, -0.2) is 6.54 Å². The second-order valence-corrected chi connectivity index (χ2v) is 4.96. The maximum atomic E-state index is 13.1. The molecule has 0 heterocycles. The molecule has 0 bridgehead atoms. The highest BCUT2D eigenvalue weighted by Crippen LogP contribution is 2.35. The lowest BCUT2D eigenvalue weighted by molar-refractivity contribution is -0.138. The second-order valence-electron chi connectivity index (χ2n) is 4.53. The molecular weight excluding hydrogens is 301 g/mol. The van der Waals surface area contributed by atoms with Gasteiger partial charge in [-0.2, -0.15) is 13.2 Å². The molecule has 0 radical (unpaired) electrons. The highest BCUT2D eigenvalue weighted by Gasteiger charge is 2.34. The Bertz CT molecular complexity index is 614. The van der Waals surface area contributed by atoms with Crippen molar-refractivity contribution in [2.24, 2.45) is 5.73 Å². The van der Waals surface area contributed by atoms with E-state index in [4.69, 9.17) is 17.3 Å². The molecule has 1 atom stereocenters. The molecule has 112 valence electrons. The Morgan fingerprint density at radius 3 is 2.43 bits per heavy atom. The lowest BCUT2D eigenvalue weighted by Gasteiger charge is -2.22. The van der Waals surface area contributed by atoms with Gasteiger partial charge in [0.25, 0.3) is 0 Å². The minimum atomic E-state index is -4.42. The van der Waals surface area contributed by atoms with Crippen molar-refractivity contribution in [1.82, 2.24) is 0 Å². The van der Waals surface area contributed by atoms with Gasteiger partial charge in [-0.25, -0.2) is 0 Å². The maximum absolute atomic E-state index is 13.1. The zero-order valence-electron chi connectivity index (χ0n) is 11.0. The van der Waals surface area contributed by atoms with E-state index in [0.717, 1.165) is 6.07 Å². The highest BCUT2D eigenvalue weighted by molar-refractivity contribution is 6.30. The van der Waals surface area contributed by atoms with Crippen LogP contribution in [0.1, 0.15) is 17.2 Å². The Hall–Kier alpha value is -1.72. The molecule has 1 unspecified atom stereocenters. The summed E-state index contributed by atoms with van der Waals surface area (Å²) in [6.07, 6.45) is -4.42. The minimum absolute atomic E-state index is 0.0274. The summed E-state index contributed by atoms with van der Waals surface area (Å²) < 4.78 is 39.2. The van der Waals surface area contributed by atoms with Crippen LogP contribution in [0.5, 0.6) is 0 Å². The Morgan fingerprint density at radius 1 is 1.10 bits per heavy atom. The molecule has 0 aliphatic rings.